The summed E-state index contributed by atoms with van der Waals surface area (Å²) in [6.45, 7) is 1.19. The first-order chi connectivity index (χ1) is 3.91. The number of nitrogens with two attached hydrogens (primary N) is 2. The van der Waals surface area contributed by atoms with Gasteiger partial charge in [0.25, 0.3) is 0 Å². The second-order valence-electron chi connectivity index (χ2n) is 1.09. The SMILES string of the molecule is NCCN.O=P(O)(O)O.[H-].[H-].[Na+].[Na+]. The average molecular weight is 206 g/mol. The molecule has 7 N–H and O–H groups in total. The van der Waals surface area contributed by atoms with Crippen molar-refractivity contribution in [3.63, 3.8) is 0 Å². The second-order valence-corrected chi connectivity index (χ2v) is 2.12. The maximum atomic E-state index is 8.88. The third-order valence-electron chi connectivity index (χ3n) is 0.167. The fourth-order valence-electron chi connectivity index (χ4n) is 0. The van der Waals surface area contributed by atoms with E-state index in [1.165, 1.54) is 0 Å². The van der Waals surface area contributed by atoms with Crippen LogP contribution in [0.5, 0.6) is 0 Å². The van der Waals surface area contributed by atoms with E-state index in [4.69, 9.17) is 30.7 Å². The third kappa shape index (κ3) is 132. The Morgan fingerprint density at radius 2 is 1.18 bits per heavy atom. The van der Waals surface area contributed by atoms with Crippen molar-refractivity contribution in [1.29, 1.82) is 0 Å². The molecule has 0 aliphatic rings. The predicted octanol–water partition coefficient (Wildman–Crippen LogP) is -7.79. The molecule has 0 unspecified atom stereocenters. The van der Waals surface area contributed by atoms with Gasteiger partial charge in [-0.05, 0) is 0 Å². The Bertz CT molecular complexity index is 95.9. The minimum Gasteiger partial charge on any atom is -1.00 e. The van der Waals surface area contributed by atoms with E-state index in [1.54, 1.807) is 0 Å². The van der Waals surface area contributed by atoms with Crippen molar-refractivity contribution in [2.75, 3.05) is 13.1 Å². The van der Waals surface area contributed by atoms with Crippen LogP contribution in [0.1, 0.15) is 2.85 Å². The quantitative estimate of drug-likeness (QED) is 0.214. The van der Waals surface area contributed by atoms with Crippen LogP contribution in [-0.2, 0) is 4.57 Å². The average Bonchev–Trinajstić information content (AvgIpc) is 1.61. The van der Waals surface area contributed by atoms with E-state index < -0.39 is 7.82 Å². The molecule has 0 aromatic rings. The Morgan fingerprint density at radius 1 is 1.09 bits per heavy atom. The molecule has 0 aliphatic heterocycles. The molecule has 62 valence electrons. The van der Waals surface area contributed by atoms with Gasteiger partial charge in [-0.25, -0.2) is 4.57 Å². The van der Waals surface area contributed by atoms with Gasteiger partial charge in [-0.3, -0.25) is 0 Å². The van der Waals surface area contributed by atoms with E-state index in [9.17, 15) is 0 Å². The van der Waals surface area contributed by atoms with Gasteiger partial charge < -0.3 is 29.0 Å². The Kier molecular flexibility index (Phi) is 30.6. The van der Waals surface area contributed by atoms with Crippen LogP contribution in [0.2, 0.25) is 0 Å². The largest absolute Gasteiger partial charge is 1.00 e. The van der Waals surface area contributed by atoms with Crippen molar-refractivity contribution in [3.05, 3.63) is 0 Å². The van der Waals surface area contributed by atoms with Crippen LogP contribution in [-0.4, -0.2) is 27.8 Å². The zero-order chi connectivity index (χ0) is 7.91. The zero-order valence-electron chi connectivity index (χ0n) is 8.77. The summed E-state index contributed by atoms with van der Waals surface area (Å²) in [7, 11) is -4.64. The van der Waals surface area contributed by atoms with E-state index in [0.717, 1.165) is 0 Å². The normalized spacial score (nSPS) is 8.09. The summed E-state index contributed by atoms with van der Waals surface area (Å²) >= 11 is 0. The molecule has 0 aliphatic carbocycles. The summed E-state index contributed by atoms with van der Waals surface area (Å²) in [4.78, 5) is 21.6. The maximum absolute atomic E-state index is 8.88. The number of rotatable bonds is 1. The van der Waals surface area contributed by atoms with Crippen molar-refractivity contribution in [1.82, 2.24) is 0 Å². The molecular weight excluding hydrogens is 193 g/mol. The fourth-order valence-corrected chi connectivity index (χ4v) is 0. The van der Waals surface area contributed by atoms with Crippen LogP contribution < -0.4 is 70.6 Å². The Morgan fingerprint density at radius 3 is 1.18 bits per heavy atom. The van der Waals surface area contributed by atoms with Gasteiger partial charge in [-0.15, -0.1) is 0 Å². The van der Waals surface area contributed by atoms with Crippen LogP contribution >= 0.6 is 7.82 Å². The molecule has 0 bridgehead atoms. The zero-order valence-corrected chi connectivity index (χ0v) is 11.7. The summed E-state index contributed by atoms with van der Waals surface area (Å²) in [6, 6.07) is 0. The molecule has 0 heterocycles. The summed E-state index contributed by atoms with van der Waals surface area (Å²) in [5.41, 5.74) is 9.81. The molecule has 0 rings (SSSR count). The Hall–Kier alpha value is 2.03. The molecule has 9 heteroatoms. The van der Waals surface area contributed by atoms with Gasteiger partial charge >= 0.3 is 66.9 Å². The maximum Gasteiger partial charge on any atom is 1.00 e. The number of hydrogen-bond donors (Lipinski definition) is 5. The Balaban J connectivity index is -0.0000000146. The first-order valence-corrected chi connectivity index (χ1v) is 3.66. The standard InChI is InChI=1S/C2H8N2.2Na.H3O4P.2H/c3-1-2-4;;;1-5(2,3)4;;/h1-4H2;;;(H3,1,2,3,4);;/q;2*+1;;2*-1. The first-order valence-electron chi connectivity index (χ1n) is 2.10. The topological polar surface area (TPSA) is 130 Å². The summed E-state index contributed by atoms with van der Waals surface area (Å²) in [6.07, 6.45) is 0. The van der Waals surface area contributed by atoms with E-state index >= 15 is 0 Å². The van der Waals surface area contributed by atoms with Crippen LogP contribution in [0.4, 0.5) is 0 Å². The molecule has 0 saturated carbocycles. The molecule has 0 atom stereocenters. The molecule has 0 amide bonds. The molecule has 0 aromatic carbocycles. The van der Waals surface area contributed by atoms with E-state index in [2.05, 4.69) is 0 Å². The predicted molar refractivity (Wildman–Crippen MR) is 34.6 cm³/mol. The van der Waals surface area contributed by atoms with Crippen LogP contribution in [0.15, 0.2) is 0 Å². The Labute approximate surface area is 113 Å². The van der Waals surface area contributed by atoms with Crippen molar-refractivity contribution in [2.24, 2.45) is 11.5 Å². The molecule has 11 heavy (non-hydrogen) atoms. The van der Waals surface area contributed by atoms with Crippen LogP contribution in [0.25, 0.3) is 0 Å². The van der Waals surface area contributed by atoms with E-state index in [0.29, 0.717) is 13.1 Å². The minimum absolute atomic E-state index is 0. The van der Waals surface area contributed by atoms with Crippen molar-refractivity contribution in [2.45, 2.75) is 0 Å². The summed E-state index contributed by atoms with van der Waals surface area (Å²) in [5, 5.41) is 0. The molecular formula is C2H13N2Na2O4P. The van der Waals surface area contributed by atoms with Gasteiger partial charge in [0.05, 0.1) is 0 Å². The van der Waals surface area contributed by atoms with Crippen molar-refractivity contribution in [3.8, 4) is 0 Å². The van der Waals surface area contributed by atoms with Crippen LogP contribution in [0.3, 0.4) is 0 Å². The third-order valence-corrected chi connectivity index (χ3v) is 0.167. The number of phosphoric acid groups is 1. The monoisotopic (exact) mass is 206 g/mol. The van der Waals surface area contributed by atoms with Gasteiger partial charge in [-0.2, -0.15) is 0 Å². The first kappa shape index (κ1) is 23.1. The van der Waals surface area contributed by atoms with Gasteiger partial charge in [0, 0.05) is 13.1 Å². The fraction of sp³-hybridized carbons (Fsp3) is 1.00. The van der Waals surface area contributed by atoms with Gasteiger partial charge in [-0.1, -0.05) is 0 Å². The molecule has 0 aromatic heterocycles. The molecule has 0 saturated heterocycles. The minimum atomic E-state index is -4.64. The van der Waals surface area contributed by atoms with Crippen LogP contribution in [0, 0.1) is 0 Å². The smallest absolute Gasteiger partial charge is 1.00 e. The van der Waals surface area contributed by atoms with Gasteiger partial charge in [0.15, 0.2) is 0 Å². The van der Waals surface area contributed by atoms with Crippen molar-refractivity contribution < 1.29 is 81.2 Å². The second kappa shape index (κ2) is 14.5. The van der Waals surface area contributed by atoms with Gasteiger partial charge in [0.2, 0.25) is 0 Å². The van der Waals surface area contributed by atoms with E-state index in [-0.39, 0.29) is 62.0 Å². The summed E-state index contributed by atoms with van der Waals surface area (Å²) < 4.78 is 8.88. The molecule has 6 nitrogen and oxygen atoms in total. The van der Waals surface area contributed by atoms with Gasteiger partial charge in [0.1, 0.15) is 0 Å². The summed E-state index contributed by atoms with van der Waals surface area (Å²) in [5.74, 6) is 0. The molecule has 0 radical (unpaired) electrons. The molecule has 0 spiro atoms. The molecule has 0 fully saturated rings. The van der Waals surface area contributed by atoms with Crippen molar-refractivity contribution >= 4 is 7.82 Å². The van der Waals surface area contributed by atoms with E-state index in [1.807, 2.05) is 0 Å². The number of hydrogen-bond acceptors (Lipinski definition) is 3.